The summed E-state index contributed by atoms with van der Waals surface area (Å²) in [6.45, 7) is 6.77. The molecule has 0 aliphatic carbocycles. The van der Waals surface area contributed by atoms with Gasteiger partial charge in [-0.3, -0.25) is 4.68 Å². The summed E-state index contributed by atoms with van der Waals surface area (Å²) in [5.74, 6) is 0. The highest BCUT2D eigenvalue weighted by molar-refractivity contribution is 9.09. The fourth-order valence-electron chi connectivity index (χ4n) is 1.67. The van der Waals surface area contributed by atoms with Crippen molar-refractivity contribution in [1.29, 1.82) is 0 Å². The van der Waals surface area contributed by atoms with Gasteiger partial charge in [0.1, 0.15) is 0 Å². The third kappa shape index (κ3) is 2.36. The molecule has 1 heterocycles. The molecule has 14 heavy (non-hydrogen) atoms. The van der Waals surface area contributed by atoms with Gasteiger partial charge in [-0.1, -0.05) is 22.9 Å². The van der Waals surface area contributed by atoms with E-state index in [1.807, 2.05) is 11.6 Å². The van der Waals surface area contributed by atoms with Crippen molar-refractivity contribution in [2.45, 2.75) is 39.8 Å². The third-order valence-corrected chi connectivity index (χ3v) is 3.19. The topological polar surface area (TPSA) is 38.0 Å². The number of aliphatic hydroxyl groups is 1. The first-order valence-corrected chi connectivity index (χ1v) is 5.99. The van der Waals surface area contributed by atoms with Gasteiger partial charge >= 0.3 is 0 Å². The Morgan fingerprint density at radius 1 is 1.50 bits per heavy atom. The highest BCUT2D eigenvalue weighted by Gasteiger charge is 2.11. The van der Waals surface area contributed by atoms with Crippen molar-refractivity contribution in [3.63, 3.8) is 0 Å². The maximum atomic E-state index is 9.50. The summed E-state index contributed by atoms with van der Waals surface area (Å²) >= 11 is 3.25. The van der Waals surface area contributed by atoms with E-state index in [0.29, 0.717) is 11.9 Å². The molecule has 3 nitrogen and oxygen atoms in total. The molecular formula is C10H17BrN2O. The van der Waals surface area contributed by atoms with Crippen molar-refractivity contribution in [3.05, 3.63) is 17.0 Å². The van der Waals surface area contributed by atoms with E-state index in [0.717, 1.165) is 12.1 Å². The molecule has 0 aliphatic heterocycles. The average Bonchev–Trinajstić information content (AvgIpc) is 2.42. The maximum Gasteiger partial charge on any atom is 0.0832 e. The van der Waals surface area contributed by atoms with E-state index in [4.69, 9.17) is 0 Å². The smallest absolute Gasteiger partial charge is 0.0832 e. The van der Waals surface area contributed by atoms with E-state index < -0.39 is 0 Å². The largest absolute Gasteiger partial charge is 0.390 e. The fourth-order valence-corrected chi connectivity index (χ4v) is 1.88. The zero-order valence-corrected chi connectivity index (χ0v) is 10.5. The van der Waals surface area contributed by atoms with Crippen LogP contribution < -0.4 is 0 Å². The molecule has 4 heteroatoms. The van der Waals surface area contributed by atoms with Crippen molar-refractivity contribution in [2.75, 3.05) is 5.33 Å². The molecule has 0 spiro atoms. The molecule has 0 aromatic carbocycles. The molecule has 0 radical (unpaired) electrons. The van der Waals surface area contributed by atoms with Crippen LogP contribution in [-0.4, -0.2) is 26.3 Å². The van der Waals surface area contributed by atoms with Gasteiger partial charge in [0.15, 0.2) is 0 Å². The lowest BCUT2D eigenvalue weighted by Crippen LogP contribution is -2.19. The van der Waals surface area contributed by atoms with Crippen LogP contribution in [0.15, 0.2) is 0 Å². The lowest BCUT2D eigenvalue weighted by atomic mass is 10.1. The highest BCUT2D eigenvalue weighted by atomic mass is 79.9. The Hall–Kier alpha value is -0.350. The lowest BCUT2D eigenvalue weighted by molar-refractivity contribution is 0.173. The standard InChI is InChI=1S/C10H17BrN2O/c1-4-10-7(2)12-13(8(10)3)6-9(14)5-11/h9,14H,4-6H2,1-3H3. The van der Waals surface area contributed by atoms with Gasteiger partial charge in [-0.25, -0.2) is 0 Å². The van der Waals surface area contributed by atoms with Crippen LogP contribution in [0.1, 0.15) is 23.9 Å². The van der Waals surface area contributed by atoms with Crippen molar-refractivity contribution >= 4 is 15.9 Å². The van der Waals surface area contributed by atoms with Crippen LogP contribution >= 0.6 is 15.9 Å². The molecule has 1 aromatic rings. The van der Waals surface area contributed by atoms with Crippen molar-refractivity contribution in [1.82, 2.24) is 9.78 Å². The number of alkyl halides is 1. The monoisotopic (exact) mass is 260 g/mol. The second kappa shape index (κ2) is 4.94. The summed E-state index contributed by atoms with van der Waals surface area (Å²) in [5, 5.41) is 14.5. The van der Waals surface area contributed by atoms with Crippen LogP contribution in [0.25, 0.3) is 0 Å². The molecule has 0 bridgehead atoms. The first kappa shape index (κ1) is 11.7. The van der Waals surface area contributed by atoms with Gasteiger partial charge < -0.3 is 5.11 Å². The number of hydrogen-bond acceptors (Lipinski definition) is 2. The minimum atomic E-state index is -0.363. The van der Waals surface area contributed by atoms with Gasteiger partial charge in [-0.2, -0.15) is 5.10 Å². The fraction of sp³-hybridized carbons (Fsp3) is 0.700. The number of nitrogens with zero attached hydrogens (tertiary/aromatic N) is 2. The summed E-state index contributed by atoms with van der Waals surface area (Å²) in [6, 6.07) is 0. The second-order valence-electron chi connectivity index (χ2n) is 3.49. The average molecular weight is 261 g/mol. The van der Waals surface area contributed by atoms with Gasteiger partial charge in [0, 0.05) is 11.0 Å². The predicted octanol–water partition coefficient (Wildman–Crippen LogP) is 1.82. The summed E-state index contributed by atoms with van der Waals surface area (Å²) in [6.07, 6.45) is 0.639. The van der Waals surface area contributed by atoms with Gasteiger partial charge in [0.25, 0.3) is 0 Å². The van der Waals surface area contributed by atoms with Crippen LogP contribution in [0.5, 0.6) is 0 Å². The Labute approximate surface area is 93.3 Å². The molecule has 1 rings (SSSR count). The van der Waals surface area contributed by atoms with E-state index in [2.05, 4.69) is 34.9 Å². The maximum absolute atomic E-state index is 9.50. The number of aromatic nitrogens is 2. The van der Waals surface area contributed by atoms with E-state index in [-0.39, 0.29) is 6.10 Å². The number of aliphatic hydroxyl groups excluding tert-OH is 1. The zero-order chi connectivity index (χ0) is 10.7. The van der Waals surface area contributed by atoms with E-state index in [1.165, 1.54) is 11.3 Å². The predicted molar refractivity (Wildman–Crippen MR) is 60.9 cm³/mol. The number of halogens is 1. The first-order valence-electron chi connectivity index (χ1n) is 4.87. The molecule has 1 unspecified atom stereocenters. The minimum Gasteiger partial charge on any atom is -0.390 e. The molecule has 0 amide bonds. The van der Waals surface area contributed by atoms with Gasteiger partial charge in [-0.15, -0.1) is 0 Å². The normalized spacial score (nSPS) is 13.2. The van der Waals surface area contributed by atoms with E-state index >= 15 is 0 Å². The Balaban J connectivity index is 2.88. The third-order valence-electron chi connectivity index (χ3n) is 2.45. The Morgan fingerprint density at radius 3 is 2.57 bits per heavy atom. The molecule has 1 atom stereocenters. The number of aryl methyl sites for hydroxylation is 1. The quantitative estimate of drug-likeness (QED) is 0.839. The van der Waals surface area contributed by atoms with Gasteiger partial charge in [0.2, 0.25) is 0 Å². The van der Waals surface area contributed by atoms with E-state index in [1.54, 1.807) is 0 Å². The van der Waals surface area contributed by atoms with Crippen LogP contribution in [-0.2, 0) is 13.0 Å². The number of hydrogen-bond donors (Lipinski definition) is 1. The SMILES string of the molecule is CCc1c(C)nn(CC(O)CBr)c1C. The van der Waals surface area contributed by atoms with Crippen LogP contribution in [0, 0.1) is 13.8 Å². The van der Waals surface area contributed by atoms with Gasteiger partial charge in [0.05, 0.1) is 18.3 Å². The minimum absolute atomic E-state index is 0.363. The molecule has 0 fully saturated rings. The molecule has 0 aliphatic rings. The Morgan fingerprint density at radius 2 is 2.14 bits per heavy atom. The summed E-state index contributed by atoms with van der Waals surface area (Å²) < 4.78 is 1.89. The molecule has 0 saturated heterocycles. The summed E-state index contributed by atoms with van der Waals surface area (Å²) in [5.41, 5.74) is 3.54. The molecule has 80 valence electrons. The van der Waals surface area contributed by atoms with Crippen molar-refractivity contribution < 1.29 is 5.11 Å². The zero-order valence-electron chi connectivity index (χ0n) is 8.92. The van der Waals surface area contributed by atoms with E-state index in [9.17, 15) is 5.11 Å². The lowest BCUT2D eigenvalue weighted by Gasteiger charge is -2.08. The first-order chi connectivity index (χ1) is 6.60. The highest BCUT2D eigenvalue weighted by Crippen LogP contribution is 2.13. The molecule has 1 N–H and O–H groups in total. The second-order valence-corrected chi connectivity index (χ2v) is 4.14. The van der Waals surface area contributed by atoms with Gasteiger partial charge in [-0.05, 0) is 25.8 Å². The van der Waals surface area contributed by atoms with Crippen LogP contribution in [0.2, 0.25) is 0 Å². The molecule has 1 aromatic heterocycles. The van der Waals surface area contributed by atoms with Crippen LogP contribution in [0.4, 0.5) is 0 Å². The number of rotatable bonds is 4. The Kier molecular flexibility index (Phi) is 4.13. The van der Waals surface area contributed by atoms with Crippen LogP contribution in [0.3, 0.4) is 0 Å². The Bertz CT molecular complexity index is 309. The summed E-state index contributed by atoms with van der Waals surface area (Å²) in [7, 11) is 0. The summed E-state index contributed by atoms with van der Waals surface area (Å²) in [4.78, 5) is 0. The van der Waals surface area contributed by atoms with Crippen molar-refractivity contribution in [3.8, 4) is 0 Å². The van der Waals surface area contributed by atoms with Crippen molar-refractivity contribution in [2.24, 2.45) is 0 Å². The molecular weight excluding hydrogens is 244 g/mol. The molecule has 0 saturated carbocycles.